The number of rotatable bonds is 3. The smallest absolute Gasteiger partial charge is 0.313 e. The van der Waals surface area contributed by atoms with Crippen molar-refractivity contribution in [2.24, 2.45) is 0 Å². The van der Waals surface area contributed by atoms with Gasteiger partial charge in [0, 0.05) is 43.8 Å². The van der Waals surface area contributed by atoms with Gasteiger partial charge in [-0.15, -0.1) is 0 Å². The molecule has 1 aliphatic rings. The van der Waals surface area contributed by atoms with E-state index < -0.39 is 11.8 Å². The number of aromatic nitrogens is 1. The van der Waals surface area contributed by atoms with Crippen molar-refractivity contribution in [3.05, 3.63) is 53.9 Å². The zero-order valence-electron chi connectivity index (χ0n) is 14.5. The van der Waals surface area contributed by atoms with E-state index in [4.69, 9.17) is 0 Å². The minimum Gasteiger partial charge on any atom is -0.344 e. The number of nitrogens with zero attached hydrogens (tertiary/aromatic N) is 2. The van der Waals surface area contributed by atoms with E-state index in [1.165, 1.54) is 6.92 Å². The van der Waals surface area contributed by atoms with Crippen molar-refractivity contribution < 1.29 is 14.4 Å². The van der Waals surface area contributed by atoms with Crippen LogP contribution in [0.25, 0.3) is 0 Å². The SMILES string of the molecule is CC(=O)N1CCCc2ccc(NC(=O)C(=O)NCc3cccnc3)cc21. The lowest BCUT2D eigenvalue weighted by molar-refractivity contribution is -0.136. The number of benzene rings is 1. The number of nitrogens with one attached hydrogen (secondary N) is 2. The number of fused-ring (bicyclic) bond motifs is 1. The zero-order valence-corrected chi connectivity index (χ0v) is 14.5. The van der Waals surface area contributed by atoms with Crippen molar-refractivity contribution in [3.63, 3.8) is 0 Å². The molecule has 0 bridgehead atoms. The highest BCUT2D eigenvalue weighted by Crippen LogP contribution is 2.30. The van der Waals surface area contributed by atoms with Gasteiger partial charge in [-0.25, -0.2) is 0 Å². The first-order valence-corrected chi connectivity index (χ1v) is 8.43. The Kier molecular flexibility index (Phi) is 5.26. The molecule has 7 nitrogen and oxygen atoms in total. The summed E-state index contributed by atoms with van der Waals surface area (Å²) in [5.74, 6) is -1.52. The quantitative estimate of drug-likeness (QED) is 0.822. The number of carbonyl (C=O) groups is 3. The number of hydrogen-bond acceptors (Lipinski definition) is 4. The molecule has 26 heavy (non-hydrogen) atoms. The molecule has 0 saturated carbocycles. The molecule has 3 rings (SSSR count). The Labute approximate surface area is 151 Å². The number of hydrogen-bond donors (Lipinski definition) is 2. The average Bonchev–Trinajstić information content (AvgIpc) is 2.66. The molecule has 2 N–H and O–H groups in total. The maximum atomic E-state index is 12.1. The summed E-state index contributed by atoms with van der Waals surface area (Å²) in [7, 11) is 0. The van der Waals surface area contributed by atoms with Crippen LogP contribution in [0.3, 0.4) is 0 Å². The third-order valence-corrected chi connectivity index (χ3v) is 4.22. The van der Waals surface area contributed by atoms with Crippen molar-refractivity contribution in [1.29, 1.82) is 0 Å². The van der Waals surface area contributed by atoms with E-state index in [1.807, 2.05) is 12.1 Å². The maximum Gasteiger partial charge on any atom is 0.313 e. The highest BCUT2D eigenvalue weighted by atomic mass is 16.2. The lowest BCUT2D eigenvalue weighted by Gasteiger charge is -2.29. The van der Waals surface area contributed by atoms with Gasteiger partial charge in [0.2, 0.25) is 5.91 Å². The lowest BCUT2D eigenvalue weighted by atomic mass is 10.0. The second kappa shape index (κ2) is 7.77. The van der Waals surface area contributed by atoms with Crippen LogP contribution in [0.2, 0.25) is 0 Å². The van der Waals surface area contributed by atoms with Gasteiger partial charge in [-0.05, 0) is 42.2 Å². The Balaban J connectivity index is 1.65. The molecular formula is C19H20N4O3. The maximum absolute atomic E-state index is 12.1. The minimum absolute atomic E-state index is 0.0383. The van der Waals surface area contributed by atoms with E-state index in [1.54, 1.807) is 35.5 Å². The molecule has 0 fully saturated rings. The number of pyridine rings is 1. The van der Waals surface area contributed by atoms with Gasteiger partial charge < -0.3 is 15.5 Å². The predicted molar refractivity (Wildman–Crippen MR) is 97.5 cm³/mol. The summed E-state index contributed by atoms with van der Waals surface area (Å²) in [4.78, 5) is 41.5. The van der Waals surface area contributed by atoms with Crippen molar-refractivity contribution in [2.75, 3.05) is 16.8 Å². The second-order valence-electron chi connectivity index (χ2n) is 6.12. The van der Waals surface area contributed by atoms with Gasteiger partial charge in [-0.2, -0.15) is 0 Å². The minimum atomic E-state index is -0.751. The Hall–Kier alpha value is -3.22. The Morgan fingerprint density at radius 1 is 1.19 bits per heavy atom. The molecule has 134 valence electrons. The molecule has 2 heterocycles. The molecule has 1 aliphatic heterocycles. The van der Waals surface area contributed by atoms with Gasteiger partial charge >= 0.3 is 11.8 Å². The van der Waals surface area contributed by atoms with Crippen molar-refractivity contribution in [3.8, 4) is 0 Å². The number of anilines is 2. The fourth-order valence-corrected chi connectivity index (χ4v) is 2.93. The van der Waals surface area contributed by atoms with E-state index in [9.17, 15) is 14.4 Å². The lowest BCUT2D eigenvalue weighted by Crippen LogP contribution is -2.35. The summed E-state index contributed by atoms with van der Waals surface area (Å²) in [6.07, 6.45) is 5.06. The standard InChI is InChI=1S/C19H20N4O3/c1-13(24)23-9-3-5-15-6-7-16(10-17(15)23)22-19(26)18(25)21-12-14-4-2-8-20-11-14/h2,4,6-8,10-11H,3,5,9,12H2,1H3,(H,21,25)(H,22,26). The van der Waals surface area contributed by atoms with Gasteiger partial charge in [-0.1, -0.05) is 12.1 Å². The third kappa shape index (κ3) is 4.05. The normalized spacial score (nSPS) is 12.9. The summed E-state index contributed by atoms with van der Waals surface area (Å²) in [6, 6.07) is 8.94. The van der Waals surface area contributed by atoms with Crippen LogP contribution in [0, 0.1) is 0 Å². The van der Waals surface area contributed by atoms with Crippen LogP contribution in [-0.4, -0.2) is 29.3 Å². The Bertz CT molecular complexity index is 836. The van der Waals surface area contributed by atoms with Gasteiger partial charge in [0.15, 0.2) is 0 Å². The van der Waals surface area contributed by atoms with Crippen LogP contribution in [0.5, 0.6) is 0 Å². The van der Waals surface area contributed by atoms with Crippen LogP contribution >= 0.6 is 0 Å². The fourth-order valence-electron chi connectivity index (χ4n) is 2.93. The first-order chi connectivity index (χ1) is 12.5. The van der Waals surface area contributed by atoms with Crippen molar-refractivity contribution in [1.82, 2.24) is 10.3 Å². The molecule has 2 aromatic rings. The Morgan fingerprint density at radius 2 is 2.04 bits per heavy atom. The molecular weight excluding hydrogens is 332 g/mol. The van der Waals surface area contributed by atoms with Crippen LogP contribution in [0.1, 0.15) is 24.5 Å². The van der Waals surface area contributed by atoms with Crippen LogP contribution in [-0.2, 0) is 27.3 Å². The van der Waals surface area contributed by atoms with E-state index in [0.29, 0.717) is 12.2 Å². The molecule has 0 unspecified atom stereocenters. The predicted octanol–water partition coefficient (Wildman–Crippen LogP) is 1.64. The molecule has 1 aromatic heterocycles. The van der Waals surface area contributed by atoms with Crippen molar-refractivity contribution in [2.45, 2.75) is 26.3 Å². The molecule has 0 radical (unpaired) electrons. The van der Waals surface area contributed by atoms with Gasteiger partial charge in [0.25, 0.3) is 0 Å². The summed E-state index contributed by atoms with van der Waals surface area (Å²) in [5, 5.41) is 5.14. The Morgan fingerprint density at radius 3 is 2.77 bits per heavy atom. The highest BCUT2D eigenvalue weighted by Gasteiger charge is 2.21. The molecule has 1 aromatic carbocycles. The van der Waals surface area contributed by atoms with Gasteiger partial charge in [0.05, 0.1) is 0 Å². The van der Waals surface area contributed by atoms with E-state index >= 15 is 0 Å². The third-order valence-electron chi connectivity index (χ3n) is 4.22. The number of aryl methyl sites for hydroxylation is 1. The van der Waals surface area contributed by atoms with Crippen molar-refractivity contribution >= 4 is 29.1 Å². The largest absolute Gasteiger partial charge is 0.344 e. The summed E-state index contributed by atoms with van der Waals surface area (Å²) in [6.45, 7) is 2.40. The molecule has 7 heteroatoms. The summed E-state index contributed by atoms with van der Waals surface area (Å²) in [5.41, 5.74) is 3.14. The van der Waals surface area contributed by atoms with Crippen LogP contribution in [0.4, 0.5) is 11.4 Å². The first-order valence-electron chi connectivity index (χ1n) is 8.43. The fraction of sp³-hybridized carbons (Fsp3) is 0.263. The van der Waals surface area contributed by atoms with Crippen LogP contribution < -0.4 is 15.5 Å². The van der Waals surface area contributed by atoms with E-state index in [0.717, 1.165) is 29.7 Å². The highest BCUT2D eigenvalue weighted by molar-refractivity contribution is 6.39. The summed E-state index contributed by atoms with van der Waals surface area (Å²) >= 11 is 0. The zero-order chi connectivity index (χ0) is 18.5. The molecule has 0 aliphatic carbocycles. The molecule has 0 saturated heterocycles. The average molecular weight is 352 g/mol. The van der Waals surface area contributed by atoms with E-state index in [-0.39, 0.29) is 12.5 Å². The number of carbonyl (C=O) groups excluding carboxylic acids is 3. The topological polar surface area (TPSA) is 91.4 Å². The van der Waals surface area contributed by atoms with Gasteiger partial charge in [-0.3, -0.25) is 19.4 Å². The van der Waals surface area contributed by atoms with Crippen LogP contribution in [0.15, 0.2) is 42.7 Å². The number of amides is 3. The van der Waals surface area contributed by atoms with Gasteiger partial charge in [0.1, 0.15) is 0 Å². The monoisotopic (exact) mass is 352 g/mol. The molecule has 0 spiro atoms. The first kappa shape index (κ1) is 17.6. The second-order valence-corrected chi connectivity index (χ2v) is 6.12. The molecule has 3 amide bonds. The summed E-state index contributed by atoms with van der Waals surface area (Å²) < 4.78 is 0. The van der Waals surface area contributed by atoms with E-state index in [2.05, 4.69) is 15.6 Å². The molecule has 0 atom stereocenters.